The molecule has 0 saturated carbocycles. The minimum absolute atomic E-state index is 0.0215. The van der Waals surface area contributed by atoms with Gasteiger partial charge in [0, 0.05) is 11.4 Å². The summed E-state index contributed by atoms with van der Waals surface area (Å²) in [7, 11) is 0. The summed E-state index contributed by atoms with van der Waals surface area (Å²) < 4.78 is 5.42. The summed E-state index contributed by atoms with van der Waals surface area (Å²) in [6.07, 6.45) is 3.64. The minimum atomic E-state index is 0.0215. The van der Waals surface area contributed by atoms with Crippen LogP contribution in [0.2, 0.25) is 0 Å². The van der Waals surface area contributed by atoms with Crippen molar-refractivity contribution < 1.29 is 9.21 Å². The van der Waals surface area contributed by atoms with Gasteiger partial charge in [-0.25, -0.2) is 9.97 Å². The largest absolute Gasteiger partial charge is 0.461 e. The zero-order chi connectivity index (χ0) is 17.6. The number of carbonyl (C=O) groups excluding carboxylic acids is 1. The van der Waals surface area contributed by atoms with Gasteiger partial charge in [-0.05, 0) is 31.5 Å². The van der Waals surface area contributed by atoms with Crippen molar-refractivity contribution >= 4 is 28.6 Å². The predicted molar refractivity (Wildman–Crippen MR) is 100 cm³/mol. The number of hydrogen-bond donors (Lipinski definition) is 1. The number of para-hydroxylation sites is 1. The summed E-state index contributed by atoms with van der Waals surface area (Å²) in [6, 6.07) is 11.6. The van der Waals surface area contributed by atoms with Gasteiger partial charge in [-0.15, -0.1) is 0 Å². The van der Waals surface area contributed by atoms with Crippen LogP contribution in [-0.2, 0) is 4.79 Å². The molecule has 0 aliphatic heterocycles. The number of nitrogens with zero attached hydrogens (tertiary/aromatic N) is 2. The van der Waals surface area contributed by atoms with Gasteiger partial charge < -0.3 is 9.73 Å². The molecule has 1 atom stereocenters. The second-order valence-corrected chi connectivity index (χ2v) is 6.86. The topological polar surface area (TPSA) is 68.0 Å². The van der Waals surface area contributed by atoms with Crippen molar-refractivity contribution in [2.24, 2.45) is 0 Å². The van der Waals surface area contributed by atoms with Gasteiger partial charge in [-0.3, -0.25) is 4.79 Å². The van der Waals surface area contributed by atoms with Crippen molar-refractivity contribution in [1.82, 2.24) is 15.3 Å². The second-order valence-electron chi connectivity index (χ2n) is 5.89. The van der Waals surface area contributed by atoms with E-state index in [1.165, 1.54) is 11.8 Å². The Bertz CT molecular complexity index is 849. The molecule has 1 N–H and O–H groups in total. The molecule has 0 aliphatic rings. The molecule has 0 aliphatic carbocycles. The molecule has 2 heterocycles. The molecule has 1 aromatic carbocycles. The molecule has 1 amide bonds. The fourth-order valence-electron chi connectivity index (χ4n) is 2.63. The van der Waals surface area contributed by atoms with E-state index in [9.17, 15) is 4.79 Å². The number of nitrogens with one attached hydrogen (secondary N) is 1. The van der Waals surface area contributed by atoms with Gasteiger partial charge in [-0.1, -0.05) is 43.3 Å². The predicted octanol–water partition coefficient (Wildman–Crippen LogP) is 4.29. The van der Waals surface area contributed by atoms with E-state index in [0.29, 0.717) is 17.3 Å². The molecule has 0 saturated heterocycles. The molecule has 3 rings (SSSR count). The average Bonchev–Trinajstić information content (AvgIpc) is 3.14. The number of thioether (sulfide) groups is 1. The number of aromatic nitrogens is 2. The Morgan fingerprint density at radius 2 is 2.08 bits per heavy atom. The molecular weight excluding hydrogens is 334 g/mol. The van der Waals surface area contributed by atoms with Crippen LogP contribution in [0, 0.1) is 0 Å². The number of benzene rings is 1. The van der Waals surface area contributed by atoms with E-state index in [2.05, 4.69) is 22.2 Å². The Morgan fingerprint density at radius 1 is 1.24 bits per heavy atom. The highest BCUT2D eigenvalue weighted by Crippen LogP contribution is 2.28. The van der Waals surface area contributed by atoms with Crippen molar-refractivity contribution in [3.63, 3.8) is 0 Å². The lowest BCUT2D eigenvalue weighted by Gasteiger charge is -2.12. The van der Waals surface area contributed by atoms with Crippen molar-refractivity contribution in [2.45, 2.75) is 37.8 Å². The van der Waals surface area contributed by atoms with Gasteiger partial charge in [0.05, 0.1) is 17.5 Å². The Morgan fingerprint density at radius 3 is 2.84 bits per heavy atom. The molecule has 0 radical (unpaired) electrons. The lowest BCUT2D eigenvalue weighted by molar-refractivity contribution is -0.119. The van der Waals surface area contributed by atoms with Crippen molar-refractivity contribution in [3.05, 3.63) is 42.7 Å². The molecule has 25 heavy (non-hydrogen) atoms. The summed E-state index contributed by atoms with van der Waals surface area (Å²) in [5, 5.41) is 4.75. The molecule has 130 valence electrons. The van der Waals surface area contributed by atoms with Crippen LogP contribution in [0.3, 0.4) is 0 Å². The van der Waals surface area contributed by atoms with Crippen LogP contribution in [0.4, 0.5) is 0 Å². The van der Waals surface area contributed by atoms with Crippen LogP contribution in [-0.4, -0.2) is 27.7 Å². The number of amides is 1. The number of carbonyl (C=O) groups is 1. The van der Waals surface area contributed by atoms with E-state index < -0.39 is 0 Å². The quantitative estimate of drug-likeness (QED) is 0.506. The molecule has 0 fully saturated rings. The van der Waals surface area contributed by atoms with Gasteiger partial charge in [0.15, 0.2) is 11.6 Å². The van der Waals surface area contributed by atoms with E-state index in [-0.39, 0.29) is 11.9 Å². The van der Waals surface area contributed by atoms with Gasteiger partial charge in [0.2, 0.25) is 5.91 Å². The van der Waals surface area contributed by atoms with E-state index >= 15 is 0 Å². The first-order chi connectivity index (χ1) is 12.2. The van der Waals surface area contributed by atoms with Crippen LogP contribution >= 0.6 is 11.8 Å². The molecule has 1 unspecified atom stereocenters. The van der Waals surface area contributed by atoms with E-state index in [4.69, 9.17) is 4.42 Å². The van der Waals surface area contributed by atoms with Crippen LogP contribution < -0.4 is 5.32 Å². The highest BCUT2D eigenvalue weighted by atomic mass is 32.2. The van der Waals surface area contributed by atoms with Gasteiger partial charge >= 0.3 is 0 Å². The molecule has 3 aromatic rings. The summed E-state index contributed by atoms with van der Waals surface area (Å²) in [4.78, 5) is 21.3. The third kappa shape index (κ3) is 4.39. The molecule has 2 aromatic heterocycles. The van der Waals surface area contributed by atoms with Crippen LogP contribution in [0.25, 0.3) is 22.5 Å². The third-order valence-electron chi connectivity index (χ3n) is 3.78. The Hall–Kier alpha value is -2.34. The average molecular weight is 355 g/mol. The monoisotopic (exact) mass is 355 g/mol. The van der Waals surface area contributed by atoms with Crippen LogP contribution in [0.5, 0.6) is 0 Å². The lowest BCUT2D eigenvalue weighted by Crippen LogP contribution is -2.33. The summed E-state index contributed by atoms with van der Waals surface area (Å²) in [5.41, 5.74) is 0.839. The van der Waals surface area contributed by atoms with E-state index in [0.717, 1.165) is 28.8 Å². The molecule has 0 bridgehead atoms. The first-order valence-corrected chi connectivity index (χ1v) is 9.38. The molecule has 6 heteroatoms. The smallest absolute Gasteiger partial charge is 0.230 e. The van der Waals surface area contributed by atoms with Gasteiger partial charge in [0.1, 0.15) is 5.03 Å². The number of rotatable bonds is 7. The number of fused-ring (bicyclic) bond motifs is 1. The highest BCUT2D eigenvalue weighted by Gasteiger charge is 2.13. The molecule has 0 spiro atoms. The minimum Gasteiger partial charge on any atom is -0.461 e. The maximum absolute atomic E-state index is 12.2. The van der Waals surface area contributed by atoms with E-state index in [1.54, 1.807) is 6.26 Å². The summed E-state index contributed by atoms with van der Waals surface area (Å²) in [6.45, 7) is 4.14. The zero-order valence-corrected chi connectivity index (χ0v) is 15.2. The fraction of sp³-hybridized carbons (Fsp3) is 0.316. The van der Waals surface area contributed by atoms with Crippen molar-refractivity contribution in [2.75, 3.05) is 5.75 Å². The number of hydrogen-bond acceptors (Lipinski definition) is 5. The Labute approximate surface area is 151 Å². The maximum atomic E-state index is 12.2. The zero-order valence-electron chi connectivity index (χ0n) is 14.4. The van der Waals surface area contributed by atoms with Crippen molar-refractivity contribution in [3.8, 4) is 11.6 Å². The normalized spacial score (nSPS) is 12.2. The Balaban J connectivity index is 1.81. The van der Waals surface area contributed by atoms with Gasteiger partial charge in [0.25, 0.3) is 0 Å². The van der Waals surface area contributed by atoms with Gasteiger partial charge in [-0.2, -0.15) is 0 Å². The standard InChI is InChI=1S/C19H21N3O2S/c1-3-7-13(2)20-17(23)12-25-19-14-8-4-5-9-15(14)21-18(22-19)16-10-6-11-24-16/h4-6,8-11,13H,3,7,12H2,1-2H3,(H,20,23). The highest BCUT2D eigenvalue weighted by molar-refractivity contribution is 8.00. The summed E-state index contributed by atoms with van der Waals surface area (Å²) in [5.74, 6) is 1.50. The summed E-state index contributed by atoms with van der Waals surface area (Å²) >= 11 is 1.42. The fourth-order valence-corrected chi connectivity index (χ4v) is 3.46. The Kier molecular flexibility index (Phi) is 5.71. The molecule has 5 nitrogen and oxygen atoms in total. The number of furan rings is 1. The van der Waals surface area contributed by atoms with Crippen LogP contribution in [0.1, 0.15) is 26.7 Å². The lowest BCUT2D eigenvalue weighted by atomic mass is 10.2. The maximum Gasteiger partial charge on any atom is 0.230 e. The van der Waals surface area contributed by atoms with Crippen molar-refractivity contribution in [1.29, 1.82) is 0 Å². The third-order valence-corrected chi connectivity index (χ3v) is 4.77. The SMILES string of the molecule is CCCC(C)NC(=O)CSc1nc(-c2ccco2)nc2ccccc12. The first-order valence-electron chi connectivity index (χ1n) is 8.40. The van der Waals surface area contributed by atoms with Crippen LogP contribution in [0.15, 0.2) is 52.1 Å². The van der Waals surface area contributed by atoms with E-state index in [1.807, 2.05) is 43.3 Å². The molecular formula is C19H21N3O2S. The second kappa shape index (κ2) is 8.16. The first kappa shape index (κ1) is 17.5.